The summed E-state index contributed by atoms with van der Waals surface area (Å²) in [6, 6.07) is 20.6. The van der Waals surface area contributed by atoms with Crippen molar-refractivity contribution in [2.75, 3.05) is 7.11 Å². The van der Waals surface area contributed by atoms with Crippen LogP contribution in [0.25, 0.3) is 22.0 Å². The molecule has 3 aromatic carbocycles. The predicted octanol–water partition coefficient (Wildman–Crippen LogP) is 6.12. The third-order valence-electron chi connectivity index (χ3n) is 4.78. The molecule has 140 valence electrons. The van der Waals surface area contributed by atoms with Crippen molar-refractivity contribution in [2.45, 2.75) is 6.54 Å². The van der Waals surface area contributed by atoms with E-state index in [0.717, 1.165) is 28.0 Å². The first kappa shape index (κ1) is 18.1. The van der Waals surface area contributed by atoms with Gasteiger partial charge in [0.15, 0.2) is 5.69 Å². The molecule has 0 amide bonds. The molecule has 4 rings (SSSR count). The van der Waals surface area contributed by atoms with Crippen LogP contribution >= 0.6 is 11.6 Å². The quantitative estimate of drug-likeness (QED) is 0.416. The maximum Gasteiger partial charge on any atom is 0.222 e. The maximum atomic E-state index is 11.6. The number of ether oxygens (including phenoxy) is 1. The van der Waals surface area contributed by atoms with Crippen molar-refractivity contribution in [1.29, 1.82) is 0 Å². The standard InChI is InChI=1S/C22H17ClN2O3/c1-28-17-11-7-15(8-12-17)18-3-2-4-19-20(18)21(24-27)22(26)25(19)13-14-5-9-16(23)10-6-14/h2-12,26H,13H2,1H3. The number of halogens is 1. The predicted molar refractivity (Wildman–Crippen MR) is 112 cm³/mol. The van der Waals surface area contributed by atoms with Gasteiger partial charge >= 0.3 is 0 Å². The normalized spacial score (nSPS) is 10.9. The monoisotopic (exact) mass is 392 g/mol. The molecule has 28 heavy (non-hydrogen) atoms. The molecule has 0 aliphatic rings. The molecule has 4 aromatic rings. The van der Waals surface area contributed by atoms with Crippen molar-refractivity contribution in [1.82, 2.24) is 4.57 Å². The van der Waals surface area contributed by atoms with E-state index in [1.807, 2.05) is 54.6 Å². The van der Waals surface area contributed by atoms with Gasteiger partial charge in [0, 0.05) is 10.4 Å². The minimum atomic E-state index is -0.152. The summed E-state index contributed by atoms with van der Waals surface area (Å²) in [7, 11) is 1.61. The number of benzene rings is 3. The molecule has 0 saturated carbocycles. The molecule has 1 aromatic heterocycles. The second-order valence-corrected chi connectivity index (χ2v) is 6.84. The molecule has 0 unspecified atom stereocenters. The lowest BCUT2D eigenvalue weighted by atomic mass is 10.0. The van der Waals surface area contributed by atoms with Gasteiger partial charge in [-0.25, -0.2) is 0 Å². The first-order valence-corrected chi connectivity index (χ1v) is 9.06. The van der Waals surface area contributed by atoms with E-state index in [1.165, 1.54) is 0 Å². The van der Waals surface area contributed by atoms with E-state index in [-0.39, 0.29) is 11.6 Å². The fourth-order valence-corrected chi connectivity index (χ4v) is 3.52. The summed E-state index contributed by atoms with van der Waals surface area (Å²) in [5.41, 5.74) is 3.44. The van der Waals surface area contributed by atoms with Crippen molar-refractivity contribution in [3.63, 3.8) is 0 Å². The number of fused-ring (bicyclic) bond motifs is 1. The molecular formula is C22H17ClN2O3. The van der Waals surface area contributed by atoms with Gasteiger partial charge in [0.2, 0.25) is 5.88 Å². The summed E-state index contributed by atoms with van der Waals surface area (Å²) in [6.45, 7) is 0.390. The summed E-state index contributed by atoms with van der Waals surface area (Å²) in [5.74, 6) is 0.591. The number of methoxy groups -OCH3 is 1. The molecule has 0 aliphatic heterocycles. The Hall–Kier alpha value is -3.31. The van der Waals surface area contributed by atoms with E-state index < -0.39 is 0 Å². The van der Waals surface area contributed by atoms with Crippen LogP contribution in [-0.2, 0) is 6.54 Å². The molecule has 0 aliphatic carbocycles. The molecule has 0 spiro atoms. The highest BCUT2D eigenvalue weighted by Crippen LogP contribution is 2.44. The van der Waals surface area contributed by atoms with Crippen molar-refractivity contribution >= 4 is 28.2 Å². The Labute approximate surface area is 166 Å². The van der Waals surface area contributed by atoms with E-state index in [1.54, 1.807) is 23.8 Å². The Morgan fingerprint density at radius 2 is 1.75 bits per heavy atom. The van der Waals surface area contributed by atoms with Crippen LogP contribution < -0.4 is 4.74 Å². The summed E-state index contributed by atoms with van der Waals surface area (Å²) in [6.07, 6.45) is 0. The SMILES string of the molecule is COc1ccc(-c2cccc3c2c(N=O)c(O)n3Cc2ccc(Cl)cc2)cc1. The number of nitroso groups, excluding NO2 is 1. The van der Waals surface area contributed by atoms with Gasteiger partial charge in [-0.05, 0) is 52.2 Å². The third-order valence-corrected chi connectivity index (χ3v) is 5.04. The highest BCUT2D eigenvalue weighted by molar-refractivity contribution is 6.30. The van der Waals surface area contributed by atoms with Gasteiger partial charge in [0.1, 0.15) is 5.75 Å². The average Bonchev–Trinajstić information content (AvgIpc) is 3.00. The van der Waals surface area contributed by atoms with E-state index in [9.17, 15) is 10.0 Å². The molecule has 0 fully saturated rings. The van der Waals surface area contributed by atoms with Crippen LogP contribution in [0.2, 0.25) is 5.02 Å². The average molecular weight is 393 g/mol. The Balaban J connectivity index is 1.89. The fourth-order valence-electron chi connectivity index (χ4n) is 3.40. The first-order valence-electron chi connectivity index (χ1n) is 8.68. The van der Waals surface area contributed by atoms with Crippen LogP contribution in [0.5, 0.6) is 11.6 Å². The highest BCUT2D eigenvalue weighted by Gasteiger charge is 2.21. The minimum Gasteiger partial charge on any atom is -0.497 e. The van der Waals surface area contributed by atoms with E-state index in [4.69, 9.17) is 16.3 Å². The Morgan fingerprint density at radius 3 is 2.39 bits per heavy atom. The van der Waals surface area contributed by atoms with E-state index >= 15 is 0 Å². The number of hydrogen-bond donors (Lipinski definition) is 1. The Morgan fingerprint density at radius 1 is 1.04 bits per heavy atom. The minimum absolute atomic E-state index is 0.0374. The number of rotatable bonds is 5. The number of aromatic nitrogens is 1. The molecule has 5 nitrogen and oxygen atoms in total. The molecule has 0 atom stereocenters. The fraction of sp³-hybridized carbons (Fsp3) is 0.0909. The van der Waals surface area contributed by atoms with Gasteiger partial charge < -0.3 is 14.4 Å². The first-order chi connectivity index (χ1) is 13.6. The molecule has 0 bridgehead atoms. The molecule has 1 heterocycles. The zero-order valence-corrected chi connectivity index (χ0v) is 15.8. The Kier molecular flexibility index (Phi) is 4.75. The lowest BCUT2D eigenvalue weighted by Gasteiger charge is -2.09. The number of nitrogens with zero attached hydrogens (tertiary/aromatic N) is 2. The summed E-state index contributed by atoms with van der Waals surface area (Å²) < 4.78 is 6.90. The summed E-state index contributed by atoms with van der Waals surface area (Å²) in [4.78, 5) is 11.6. The lowest BCUT2D eigenvalue weighted by molar-refractivity contribution is 0.415. The number of hydrogen-bond acceptors (Lipinski definition) is 4. The molecule has 1 N–H and O–H groups in total. The van der Waals surface area contributed by atoms with Crippen LogP contribution in [-0.4, -0.2) is 16.8 Å². The summed E-state index contributed by atoms with van der Waals surface area (Å²) in [5, 5.41) is 15.1. The van der Waals surface area contributed by atoms with Crippen LogP contribution in [0.3, 0.4) is 0 Å². The van der Waals surface area contributed by atoms with Crippen LogP contribution in [0.15, 0.2) is 71.9 Å². The highest BCUT2D eigenvalue weighted by atomic mass is 35.5. The van der Waals surface area contributed by atoms with Crippen molar-refractivity contribution in [3.8, 4) is 22.8 Å². The lowest BCUT2D eigenvalue weighted by Crippen LogP contribution is -1.98. The second-order valence-electron chi connectivity index (χ2n) is 6.40. The van der Waals surface area contributed by atoms with E-state index in [0.29, 0.717) is 17.0 Å². The smallest absolute Gasteiger partial charge is 0.222 e. The van der Waals surface area contributed by atoms with Gasteiger partial charge in [-0.15, -0.1) is 4.91 Å². The van der Waals surface area contributed by atoms with Crippen molar-refractivity contribution < 1.29 is 9.84 Å². The third kappa shape index (κ3) is 3.10. The zero-order chi connectivity index (χ0) is 19.7. The van der Waals surface area contributed by atoms with E-state index in [2.05, 4.69) is 5.18 Å². The zero-order valence-electron chi connectivity index (χ0n) is 15.1. The molecular weight excluding hydrogens is 376 g/mol. The molecule has 0 saturated heterocycles. The molecule has 0 radical (unpaired) electrons. The second kappa shape index (κ2) is 7.37. The van der Waals surface area contributed by atoms with Crippen LogP contribution in [0.1, 0.15) is 5.56 Å². The summed E-state index contributed by atoms with van der Waals surface area (Å²) >= 11 is 5.96. The maximum absolute atomic E-state index is 11.6. The van der Waals surface area contributed by atoms with Crippen LogP contribution in [0.4, 0.5) is 5.69 Å². The topological polar surface area (TPSA) is 63.8 Å². The Bertz CT molecular complexity index is 1150. The largest absolute Gasteiger partial charge is 0.497 e. The number of aromatic hydroxyl groups is 1. The van der Waals surface area contributed by atoms with Crippen molar-refractivity contribution in [2.24, 2.45) is 5.18 Å². The van der Waals surface area contributed by atoms with Gasteiger partial charge in [0.25, 0.3) is 0 Å². The van der Waals surface area contributed by atoms with Crippen molar-refractivity contribution in [3.05, 3.63) is 82.2 Å². The van der Waals surface area contributed by atoms with Gasteiger partial charge in [-0.2, -0.15) is 0 Å². The van der Waals surface area contributed by atoms with Gasteiger partial charge in [-0.3, -0.25) is 0 Å². The molecule has 6 heteroatoms. The van der Waals surface area contributed by atoms with Gasteiger partial charge in [-0.1, -0.05) is 48.0 Å². The van der Waals surface area contributed by atoms with Gasteiger partial charge in [0.05, 0.1) is 19.2 Å². The van der Waals surface area contributed by atoms with Crippen LogP contribution in [0, 0.1) is 4.91 Å².